The van der Waals surface area contributed by atoms with Gasteiger partial charge in [-0.25, -0.2) is 4.39 Å². The first-order valence-corrected chi connectivity index (χ1v) is 5.22. The first-order chi connectivity index (χ1) is 7.00. The number of halogens is 2. The first-order valence-electron chi connectivity index (χ1n) is 4.02. The van der Waals surface area contributed by atoms with Gasteiger partial charge in [0, 0.05) is 5.56 Å². The Bertz CT molecular complexity index is 411. The van der Waals surface area contributed by atoms with Crippen LogP contribution in [-0.2, 0) is 0 Å². The summed E-state index contributed by atoms with van der Waals surface area (Å²) in [5.74, 6) is -0.896. The minimum absolute atomic E-state index is 0.103. The molecule has 3 nitrogen and oxygen atoms in total. The standard InChI is InChI=1S/C9H8BrFN2OS/c10-6-2-1-5(3-7(6)11)9(14)13-4-8(12)15/h1-3H,4H2,(H2,12,15)(H,13,14). The lowest BCUT2D eigenvalue weighted by Gasteiger charge is -2.04. The van der Waals surface area contributed by atoms with Crippen molar-refractivity contribution in [2.45, 2.75) is 0 Å². The highest BCUT2D eigenvalue weighted by Crippen LogP contribution is 2.16. The minimum atomic E-state index is -0.488. The third-order valence-electron chi connectivity index (χ3n) is 1.60. The molecule has 0 radical (unpaired) electrons. The number of nitrogens with one attached hydrogen (secondary N) is 1. The number of carbonyl (C=O) groups is 1. The van der Waals surface area contributed by atoms with Crippen LogP contribution in [0.15, 0.2) is 22.7 Å². The van der Waals surface area contributed by atoms with Crippen LogP contribution in [0.4, 0.5) is 4.39 Å². The molecule has 3 N–H and O–H groups in total. The lowest BCUT2D eigenvalue weighted by atomic mass is 10.2. The van der Waals surface area contributed by atoms with Gasteiger partial charge in [-0.2, -0.15) is 0 Å². The average molecular weight is 291 g/mol. The molecule has 1 aromatic carbocycles. The molecule has 0 spiro atoms. The predicted octanol–water partition coefficient (Wildman–Crippen LogP) is 1.60. The topological polar surface area (TPSA) is 55.1 Å². The fraction of sp³-hybridized carbons (Fsp3) is 0.111. The number of benzene rings is 1. The van der Waals surface area contributed by atoms with Crippen molar-refractivity contribution in [1.29, 1.82) is 0 Å². The first kappa shape index (κ1) is 12.1. The average Bonchev–Trinajstić information content (AvgIpc) is 2.18. The number of carbonyl (C=O) groups excluding carboxylic acids is 1. The van der Waals surface area contributed by atoms with Gasteiger partial charge in [-0.3, -0.25) is 4.79 Å². The van der Waals surface area contributed by atoms with E-state index < -0.39 is 11.7 Å². The summed E-state index contributed by atoms with van der Waals surface area (Å²) < 4.78 is 13.4. The Morgan fingerprint density at radius 1 is 1.60 bits per heavy atom. The van der Waals surface area contributed by atoms with Crippen LogP contribution < -0.4 is 11.1 Å². The van der Waals surface area contributed by atoms with Gasteiger partial charge in [-0.1, -0.05) is 12.2 Å². The van der Waals surface area contributed by atoms with Gasteiger partial charge in [0.15, 0.2) is 0 Å². The van der Waals surface area contributed by atoms with Gasteiger partial charge in [0.25, 0.3) is 5.91 Å². The second-order valence-electron chi connectivity index (χ2n) is 2.78. The zero-order valence-corrected chi connectivity index (χ0v) is 9.99. The van der Waals surface area contributed by atoms with Gasteiger partial charge in [-0.15, -0.1) is 0 Å². The van der Waals surface area contributed by atoms with Crippen LogP contribution in [0.1, 0.15) is 10.4 Å². The summed E-state index contributed by atoms with van der Waals surface area (Å²) in [6, 6.07) is 4.10. The van der Waals surface area contributed by atoms with Crippen molar-refractivity contribution in [2.24, 2.45) is 5.73 Å². The SMILES string of the molecule is NC(=S)CNC(=O)c1ccc(Br)c(F)c1. The summed E-state index contributed by atoms with van der Waals surface area (Å²) >= 11 is 7.59. The summed E-state index contributed by atoms with van der Waals surface area (Å²) in [6.07, 6.45) is 0. The normalized spacial score (nSPS) is 9.73. The summed E-state index contributed by atoms with van der Waals surface area (Å²) in [5, 5.41) is 2.46. The molecule has 0 heterocycles. The predicted molar refractivity (Wildman–Crippen MR) is 63.2 cm³/mol. The second kappa shape index (κ2) is 5.18. The van der Waals surface area contributed by atoms with Crippen molar-refractivity contribution < 1.29 is 9.18 Å². The molecule has 1 rings (SSSR count). The van der Waals surface area contributed by atoms with Crippen LogP contribution in [0, 0.1) is 5.82 Å². The third-order valence-corrected chi connectivity index (χ3v) is 2.39. The zero-order chi connectivity index (χ0) is 11.4. The van der Waals surface area contributed by atoms with Crippen molar-refractivity contribution in [3.63, 3.8) is 0 Å². The fourth-order valence-electron chi connectivity index (χ4n) is 0.907. The van der Waals surface area contributed by atoms with E-state index in [2.05, 4.69) is 33.5 Å². The van der Waals surface area contributed by atoms with Gasteiger partial charge in [-0.05, 0) is 34.1 Å². The summed E-state index contributed by atoms with van der Waals surface area (Å²) in [6.45, 7) is 0.103. The molecular formula is C9H8BrFN2OS. The number of amides is 1. The Kier molecular flexibility index (Phi) is 4.16. The third kappa shape index (κ3) is 3.56. The Morgan fingerprint density at radius 3 is 2.80 bits per heavy atom. The molecule has 80 valence electrons. The van der Waals surface area contributed by atoms with Crippen molar-refractivity contribution in [3.05, 3.63) is 34.1 Å². The maximum absolute atomic E-state index is 13.1. The Labute approximate surface area is 100.0 Å². The highest BCUT2D eigenvalue weighted by Gasteiger charge is 2.08. The van der Waals surface area contributed by atoms with E-state index in [1.54, 1.807) is 0 Å². The maximum Gasteiger partial charge on any atom is 0.251 e. The van der Waals surface area contributed by atoms with Crippen LogP contribution in [0.25, 0.3) is 0 Å². The van der Waals surface area contributed by atoms with Crippen LogP contribution in [0.2, 0.25) is 0 Å². The van der Waals surface area contributed by atoms with Crippen LogP contribution in [0.3, 0.4) is 0 Å². The van der Waals surface area contributed by atoms with E-state index in [0.29, 0.717) is 4.47 Å². The molecule has 1 aromatic rings. The molecule has 0 aliphatic rings. The molecule has 0 aliphatic heterocycles. The molecule has 0 aliphatic carbocycles. The van der Waals surface area contributed by atoms with E-state index in [4.69, 9.17) is 5.73 Å². The summed E-state index contributed by atoms with van der Waals surface area (Å²) in [5.41, 5.74) is 5.44. The molecule has 0 bridgehead atoms. The van der Waals surface area contributed by atoms with Gasteiger partial charge in [0.2, 0.25) is 0 Å². The Balaban J connectivity index is 2.74. The zero-order valence-electron chi connectivity index (χ0n) is 7.59. The van der Waals surface area contributed by atoms with Crippen molar-refractivity contribution in [1.82, 2.24) is 5.32 Å². The lowest BCUT2D eigenvalue weighted by Crippen LogP contribution is -2.32. The Hall–Kier alpha value is -1.01. The molecule has 6 heteroatoms. The number of hydrogen-bond acceptors (Lipinski definition) is 2. The van der Waals surface area contributed by atoms with Crippen LogP contribution in [0.5, 0.6) is 0 Å². The van der Waals surface area contributed by atoms with E-state index in [1.165, 1.54) is 12.1 Å². The quantitative estimate of drug-likeness (QED) is 0.832. The molecule has 0 saturated heterocycles. The van der Waals surface area contributed by atoms with Crippen molar-refractivity contribution in [2.75, 3.05) is 6.54 Å². The molecule has 0 fully saturated rings. The number of hydrogen-bond donors (Lipinski definition) is 2. The molecular weight excluding hydrogens is 283 g/mol. The van der Waals surface area contributed by atoms with Gasteiger partial charge in [0.05, 0.1) is 16.0 Å². The fourth-order valence-corrected chi connectivity index (χ4v) is 1.23. The van der Waals surface area contributed by atoms with Gasteiger partial charge in [0.1, 0.15) is 5.82 Å². The van der Waals surface area contributed by atoms with E-state index >= 15 is 0 Å². The molecule has 1 amide bonds. The van der Waals surface area contributed by atoms with Crippen LogP contribution >= 0.6 is 28.1 Å². The molecule has 0 saturated carbocycles. The summed E-state index contributed by atoms with van der Waals surface area (Å²) in [4.78, 5) is 11.6. The van der Waals surface area contributed by atoms with E-state index in [9.17, 15) is 9.18 Å². The molecule has 0 atom stereocenters. The molecule has 0 unspecified atom stereocenters. The summed E-state index contributed by atoms with van der Waals surface area (Å²) in [7, 11) is 0. The van der Waals surface area contributed by atoms with Gasteiger partial charge >= 0.3 is 0 Å². The highest BCUT2D eigenvalue weighted by molar-refractivity contribution is 9.10. The van der Waals surface area contributed by atoms with E-state index in [-0.39, 0.29) is 17.1 Å². The largest absolute Gasteiger partial charge is 0.392 e. The maximum atomic E-state index is 13.1. The Morgan fingerprint density at radius 2 is 2.27 bits per heavy atom. The number of rotatable bonds is 3. The molecule has 0 aromatic heterocycles. The van der Waals surface area contributed by atoms with Crippen LogP contribution in [-0.4, -0.2) is 17.4 Å². The van der Waals surface area contributed by atoms with E-state index in [0.717, 1.165) is 6.07 Å². The lowest BCUT2D eigenvalue weighted by molar-refractivity contribution is 0.0959. The molecule has 15 heavy (non-hydrogen) atoms. The van der Waals surface area contributed by atoms with E-state index in [1.807, 2.05) is 0 Å². The van der Waals surface area contributed by atoms with Crippen molar-refractivity contribution >= 4 is 39.0 Å². The van der Waals surface area contributed by atoms with Gasteiger partial charge < -0.3 is 11.1 Å². The monoisotopic (exact) mass is 290 g/mol. The number of thiocarbonyl (C=S) groups is 1. The highest BCUT2D eigenvalue weighted by atomic mass is 79.9. The smallest absolute Gasteiger partial charge is 0.251 e. The van der Waals surface area contributed by atoms with Crippen molar-refractivity contribution in [3.8, 4) is 0 Å². The number of nitrogens with two attached hydrogens (primary N) is 1. The minimum Gasteiger partial charge on any atom is -0.392 e. The second-order valence-corrected chi connectivity index (χ2v) is 4.16.